The van der Waals surface area contributed by atoms with Gasteiger partial charge in [-0.15, -0.1) is 0 Å². The van der Waals surface area contributed by atoms with E-state index in [2.05, 4.69) is 0 Å². The lowest BCUT2D eigenvalue weighted by Crippen LogP contribution is -2.13. The van der Waals surface area contributed by atoms with E-state index in [1.807, 2.05) is 27.7 Å². The van der Waals surface area contributed by atoms with Crippen LogP contribution in [0.25, 0.3) is 0 Å². The second-order valence-corrected chi connectivity index (χ2v) is 4.11. The summed E-state index contributed by atoms with van der Waals surface area (Å²) in [5.74, 6) is 0. The molecule has 0 aliphatic rings. The average molecular weight is 150 g/mol. The van der Waals surface area contributed by atoms with Gasteiger partial charge in [-0.3, -0.25) is 4.18 Å². The molecule has 0 bridgehead atoms. The molecule has 1 atom stereocenters. The molecule has 0 spiro atoms. The highest BCUT2D eigenvalue weighted by Crippen LogP contribution is 1.99. The van der Waals surface area contributed by atoms with Gasteiger partial charge in [-0.1, -0.05) is 0 Å². The van der Waals surface area contributed by atoms with Crippen molar-refractivity contribution in [1.82, 2.24) is 0 Å². The highest BCUT2D eigenvalue weighted by molar-refractivity contribution is 7.80. The van der Waals surface area contributed by atoms with Gasteiger partial charge in [-0.05, 0) is 27.7 Å². The van der Waals surface area contributed by atoms with Gasteiger partial charge in [0, 0.05) is 0 Å². The summed E-state index contributed by atoms with van der Waals surface area (Å²) in [6, 6.07) is 0. The van der Waals surface area contributed by atoms with Gasteiger partial charge < -0.3 is 0 Å². The lowest BCUT2D eigenvalue weighted by molar-refractivity contribution is 0.267. The molecule has 0 fully saturated rings. The average Bonchev–Trinajstić information content (AvgIpc) is 1.63. The molecule has 3 heteroatoms. The second kappa shape index (κ2) is 4.01. The minimum atomic E-state index is -1.10. The standard InChI is InChI=1S/C6H14O2S/c1-5(2)8-9(7)6(3)4/h5-6H,1-4H3. The van der Waals surface area contributed by atoms with Crippen LogP contribution in [0.2, 0.25) is 0 Å². The van der Waals surface area contributed by atoms with E-state index in [1.165, 1.54) is 0 Å². The van der Waals surface area contributed by atoms with Gasteiger partial charge in [0.15, 0.2) is 11.1 Å². The minimum absolute atomic E-state index is 0.0632. The van der Waals surface area contributed by atoms with E-state index >= 15 is 0 Å². The van der Waals surface area contributed by atoms with E-state index in [0.717, 1.165) is 0 Å². The third-order valence-electron chi connectivity index (χ3n) is 0.672. The number of hydrogen-bond donors (Lipinski definition) is 0. The SMILES string of the molecule is CC(C)OS(=O)C(C)C. The fraction of sp³-hybridized carbons (Fsp3) is 1.00. The number of rotatable bonds is 3. The molecule has 0 radical (unpaired) electrons. The van der Waals surface area contributed by atoms with Gasteiger partial charge >= 0.3 is 0 Å². The summed E-state index contributed by atoms with van der Waals surface area (Å²) in [6.07, 6.45) is 0.0632. The third kappa shape index (κ3) is 4.60. The highest BCUT2D eigenvalue weighted by Gasteiger charge is 2.06. The first-order valence-electron chi connectivity index (χ1n) is 3.11. The molecule has 0 aromatic heterocycles. The molecule has 0 aliphatic carbocycles. The van der Waals surface area contributed by atoms with Crippen molar-refractivity contribution in [3.63, 3.8) is 0 Å². The van der Waals surface area contributed by atoms with Crippen LogP contribution in [-0.2, 0) is 15.3 Å². The van der Waals surface area contributed by atoms with Crippen LogP contribution in [0.5, 0.6) is 0 Å². The predicted molar refractivity (Wildman–Crippen MR) is 39.5 cm³/mol. The van der Waals surface area contributed by atoms with Crippen LogP contribution < -0.4 is 0 Å². The van der Waals surface area contributed by atoms with Crippen LogP contribution in [0.1, 0.15) is 27.7 Å². The maximum atomic E-state index is 10.8. The van der Waals surface area contributed by atoms with E-state index < -0.39 is 11.1 Å². The summed E-state index contributed by atoms with van der Waals surface area (Å²) in [5.41, 5.74) is 0. The summed E-state index contributed by atoms with van der Waals surface area (Å²) in [6.45, 7) is 7.50. The Morgan fingerprint density at radius 3 is 1.78 bits per heavy atom. The van der Waals surface area contributed by atoms with Gasteiger partial charge in [-0.2, -0.15) is 0 Å². The Balaban J connectivity index is 3.51. The quantitative estimate of drug-likeness (QED) is 0.609. The van der Waals surface area contributed by atoms with E-state index in [0.29, 0.717) is 0 Å². The predicted octanol–water partition coefficient (Wildman–Crippen LogP) is 1.48. The summed E-state index contributed by atoms with van der Waals surface area (Å²) in [4.78, 5) is 0. The fourth-order valence-corrected chi connectivity index (χ4v) is 0.902. The van der Waals surface area contributed by atoms with E-state index in [9.17, 15) is 4.21 Å². The Bertz CT molecular complexity index is 99.2. The van der Waals surface area contributed by atoms with Gasteiger partial charge in [0.25, 0.3) is 0 Å². The van der Waals surface area contributed by atoms with Crippen LogP contribution in [0.15, 0.2) is 0 Å². The molecule has 0 rings (SSSR count). The zero-order valence-corrected chi connectivity index (χ0v) is 7.20. The van der Waals surface area contributed by atoms with Crippen LogP contribution in [0.4, 0.5) is 0 Å². The molecule has 1 unspecified atom stereocenters. The zero-order valence-electron chi connectivity index (χ0n) is 6.38. The minimum Gasteiger partial charge on any atom is -0.288 e. The van der Waals surface area contributed by atoms with Gasteiger partial charge in [0.2, 0.25) is 0 Å². The Hall–Kier alpha value is 0.110. The molecule has 0 saturated heterocycles. The molecular formula is C6H14O2S. The van der Waals surface area contributed by atoms with Gasteiger partial charge in [-0.25, -0.2) is 4.21 Å². The molecule has 0 aromatic rings. The molecule has 0 amide bonds. The van der Waals surface area contributed by atoms with E-state index in [4.69, 9.17) is 4.18 Å². The molecule has 0 aliphatic heterocycles. The normalized spacial score (nSPS) is 14.9. The summed E-state index contributed by atoms with van der Waals surface area (Å²) < 4.78 is 15.8. The summed E-state index contributed by atoms with van der Waals surface area (Å²) in [5, 5.41) is 0.104. The van der Waals surface area contributed by atoms with Crippen molar-refractivity contribution in [2.24, 2.45) is 0 Å². The Kier molecular flexibility index (Phi) is 4.06. The van der Waals surface area contributed by atoms with Crippen LogP contribution in [-0.4, -0.2) is 15.6 Å². The first kappa shape index (κ1) is 9.11. The first-order chi connectivity index (χ1) is 4.04. The second-order valence-electron chi connectivity index (χ2n) is 2.45. The maximum Gasteiger partial charge on any atom is 0.158 e. The van der Waals surface area contributed by atoms with Crippen LogP contribution in [0, 0.1) is 0 Å². The molecule has 0 heterocycles. The first-order valence-corrected chi connectivity index (χ1v) is 4.25. The molecule has 2 nitrogen and oxygen atoms in total. The molecular weight excluding hydrogens is 136 g/mol. The van der Waals surface area contributed by atoms with E-state index in [1.54, 1.807) is 0 Å². The molecule has 9 heavy (non-hydrogen) atoms. The Labute approximate surface area is 59.3 Å². The lowest BCUT2D eigenvalue weighted by atomic mass is 10.5. The van der Waals surface area contributed by atoms with Crippen molar-refractivity contribution >= 4 is 11.1 Å². The lowest BCUT2D eigenvalue weighted by Gasteiger charge is -2.07. The van der Waals surface area contributed by atoms with Crippen molar-refractivity contribution in [2.75, 3.05) is 0 Å². The highest BCUT2D eigenvalue weighted by atomic mass is 32.2. The molecule has 0 saturated carbocycles. The largest absolute Gasteiger partial charge is 0.288 e. The monoisotopic (exact) mass is 150 g/mol. The topological polar surface area (TPSA) is 26.3 Å². The van der Waals surface area contributed by atoms with Crippen LogP contribution in [0.3, 0.4) is 0 Å². The Morgan fingerprint density at radius 1 is 1.22 bits per heavy atom. The van der Waals surface area contributed by atoms with Crippen molar-refractivity contribution in [3.05, 3.63) is 0 Å². The van der Waals surface area contributed by atoms with Gasteiger partial charge in [0.1, 0.15) is 0 Å². The van der Waals surface area contributed by atoms with Gasteiger partial charge in [0.05, 0.1) is 11.4 Å². The molecule has 0 N–H and O–H groups in total. The van der Waals surface area contributed by atoms with Crippen molar-refractivity contribution in [2.45, 2.75) is 39.0 Å². The fourth-order valence-electron chi connectivity index (χ4n) is 0.301. The van der Waals surface area contributed by atoms with Crippen molar-refractivity contribution in [1.29, 1.82) is 0 Å². The van der Waals surface area contributed by atoms with Crippen molar-refractivity contribution in [3.8, 4) is 0 Å². The Morgan fingerprint density at radius 2 is 1.67 bits per heavy atom. The zero-order chi connectivity index (χ0) is 7.44. The smallest absolute Gasteiger partial charge is 0.158 e. The maximum absolute atomic E-state index is 10.8. The van der Waals surface area contributed by atoms with Crippen molar-refractivity contribution < 1.29 is 8.39 Å². The van der Waals surface area contributed by atoms with Crippen LogP contribution >= 0.6 is 0 Å². The molecule has 56 valence electrons. The number of hydrogen-bond acceptors (Lipinski definition) is 2. The summed E-state index contributed by atoms with van der Waals surface area (Å²) >= 11 is -1.10. The summed E-state index contributed by atoms with van der Waals surface area (Å²) in [7, 11) is 0. The third-order valence-corrected chi connectivity index (χ3v) is 2.02. The van der Waals surface area contributed by atoms with E-state index in [-0.39, 0.29) is 11.4 Å². The molecule has 0 aromatic carbocycles.